The molecule has 1 aliphatic carbocycles. The predicted molar refractivity (Wildman–Crippen MR) is 73.3 cm³/mol. The van der Waals surface area contributed by atoms with Crippen LogP contribution in [0.3, 0.4) is 0 Å². The van der Waals surface area contributed by atoms with Gasteiger partial charge in [0.1, 0.15) is 11.6 Å². The number of anilines is 1. The summed E-state index contributed by atoms with van der Waals surface area (Å²) < 4.78 is 26.4. The van der Waals surface area contributed by atoms with Gasteiger partial charge in [0.15, 0.2) is 0 Å². The lowest BCUT2D eigenvalue weighted by Crippen LogP contribution is -2.29. The predicted octanol–water partition coefficient (Wildman–Crippen LogP) is 2.51. The van der Waals surface area contributed by atoms with Crippen LogP contribution in [0.15, 0.2) is 12.1 Å². The van der Waals surface area contributed by atoms with Crippen LogP contribution in [-0.2, 0) is 4.79 Å². The monoisotopic (exact) mass is 366 g/mol. The van der Waals surface area contributed by atoms with Crippen LogP contribution in [0, 0.1) is 21.1 Å². The molecule has 1 aromatic carbocycles. The first-order valence-electron chi connectivity index (χ1n) is 5.71. The Hall–Kier alpha value is -0.760. The molecule has 1 aliphatic rings. The van der Waals surface area contributed by atoms with Gasteiger partial charge in [0.05, 0.1) is 10.1 Å². The van der Waals surface area contributed by atoms with E-state index in [0.717, 1.165) is 18.7 Å². The molecule has 1 fully saturated rings. The van der Waals surface area contributed by atoms with Gasteiger partial charge < -0.3 is 10.6 Å². The lowest BCUT2D eigenvalue weighted by Gasteiger charge is -2.07. The van der Waals surface area contributed by atoms with E-state index in [9.17, 15) is 13.6 Å². The summed E-state index contributed by atoms with van der Waals surface area (Å²) in [6, 6.07) is 2.23. The minimum Gasteiger partial charge on any atom is -0.325 e. The number of halogens is 3. The summed E-state index contributed by atoms with van der Waals surface area (Å²) in [7, 11) is 0. The zero-order valence-corrected chi connectivity index (χ0v) is 11.8. The van der Waals surface area contributed by atoms with Gasteiger partial charge in [0.2, 0.25) is 5.91 Å². The van der Waals surface area contributed by atoms with E-state index >= 15 is 0 Å². The van der Waals surface area contributed by atoms with Crippen LogP contribution in [0.4, 0.5) is 14.5 Å². The molecule has 0 bridgehead atoms. The number of amides is 1. The molecule has 0 heterocycles. The normalized spacial score (nSPS) is 14.6. The van der Waals surface area contributed by atoms with Crippen molar-refractivity contribution in [2.24, 2.45) is 5.92 Å². The summed E-state index contributed by atoms with van der Waals surface area (Å²) in [6.07, 6.45) is 2.42. The van der Waals surface area contributed by atoms with E-state index in [1.807, 2.05) is 0 Å². The van der Waals surface area contributed by atoms with Gasteiger partial charge >= 0.3 is 0 Å². The molecular formula is C12H13F2IN2O. The van der Waals surface area contributed by atoms with Crippen LogP contribution in [-0.4, -0.2) is 19.0 Å². The lowest BCUT2D eigenvalue weighted by molar-refractivity contribution is -0.115. The Morgan fingerprint density at radius 1 is 1.33 bits per heavy atom. The Balaban J connectivity index is 1.85. The van der Waals surface area contributed by atoms with Crippen molar-refractivity contribution in [2.75, 3.05) is 18.4 Å². The van der Waals surface area contributed by atoms with E-state index in [2.05, 4.69) is 10.6 Å². The van der Waals surface area contributed by atoms with Crippen molar-refractivity contribution in [3.63, 3.8) is 0 Å². The number of benzene rings is 1. The number of hydrogen-bond donors (Lipinski definition) is 2. The van der Waals surface area contributed by atoms with E-state index in [0.29, 0.717) is 5.92 Å². The summed E-state index contributed by atoms with van der Waals surface area (Å²) in [5.74, 6) is -0.949. The van der Waals surface area contributed by atoms with Crippen LogP contribution >= 0.6 is 22.6 Å². The van der Waals surface area contributed by atoms with Gasteiger partial charge in [-0.15, -0.1) is 0 Å². The molecule has 0 unspecified atom stereocenters. The van der Waals surface area contributed by atoms with Crippen molar-refractivity contribution in [2.45, 2.75) is 12.8 Å². The standard InChI is InChI=1S/C12H13F2IN2O/c13-9-3-8(4-10(14)12(9)15)17-11(18)6-16-5-7-1-2-7/h3-4,7,16H,1-2,5-6H2,(H,17,18). The zero-order valence-electron chi connectivity index (χ0n) is 9.60. The Morgan fingerprint density at radius 2 is 1.94 bits per heavy atom. The topological polar surface area (TPSA) is 41.1 Å². The maximum absolute atomic E-state index is 13.2. The molecule has 3 nitrogen and oxygen atoms in total. The summed E-state index contributed by atoms with van der Waals surface area (Å²) >= 11 is 1.58. The molecule has 1 aromatic rings. The van der Waals surface area contributed by atoms with Gasteiger partial charge in [-0.3, -0.25) is 4.79 Å². The van der Waals surface area contributed by atoms with Crippen LogP contribution < -0.4 is 10.6 Å². The maximum Gasteiger partial charge on any atom is 0.238 e. The first kappa shape index (κ1) is 13.7. The highest BCUT2D eigenvalue weighted by molar-refractivity contribution is 14.1. The number of nitrogens with one attached hydrogen (secondary N) is 2. The third-order valence-electron chi connectivity index (χ3n) is 2.68. The molecule has 0 aromatic heterocycles. The molecule has 2 rings (SSSR count). The van der Waals surface area contributed by atoms with Crippen molar-refractivity contribution in [1.82, 2.24) is 5.32 Å². The van der Waals surface area contributed by atoms with Crippen LogP contribution in [0.2, 0.25) is 0 Å². The minimum absolute atomic E-state index is 0.0718. The van der Waals surface area contributed by atoms with Gasteiger partial charge in [-0.05, 0) is 60.0 Å². The van der Waals surface area contributed by atoms with Gasteiger partial charge in [-0.25, -0.2) is 8.78 Å². The van der Waals surface area contributed by atoms with E-state index < -0.39 is 11.6 Å². The highest BCUT2D eigenvalue weighted by Gasteiger charge is 2.20. The first-order valence-corrected chi connectivity index (χ1v) is 6.79. The maximum atomic E-state index is 13.2. The van der Waals surface area contributed by atoms with Gasteiger partial charge in [-0.1, -0.05) is 0 Å². The number of rotatable bonds is 5. The third-order valence-corrected chi connectivity index (χ3v) is 3.71. The van der Waals surface area contributed by atoms with Crippen LogP contribution in [0.25, 0.3) is 0 Å². The molecule has 0 aliphatic heterocycles. The second kappa shape index (κ2) is 5.92. The fraction of sp³-hybridized carbons (Fsp3) is 0.417. The van der Waals surface area contributed by atoms with Gasteiger partial charge in [0, 0.05) is 5.69 Å². The molecular weight excluding hydrogens is 353 g/mol. The Labute approximate surface area is 117 Å². The molecule has 98 valence electrons. The fourth-order valence-corrected chi connectivity index (χ4v) is 1.86. The largest absolute Gasteiger partial charge is 0.325 e. The highest BCUT2D eigenvalue weighted by Crippen LogP contribution is 2.27. The molecule has 0 atom stereocenters. The highest BCUT2D eigenvalue weighted by atomic mass is 127. The average molecular weight is 366 g/mol. The van der Waals surface area contributed by atoms with Crippen molar-refractivity contribution in [3.05, 3.63) is 27.3 Å². The van der Waals surface area contributed by atoms with Crippen LogP contribution in [0.5, 0.6) is 0 Å². The van der Waals surface area contributed by atoms with Crippen molar-refractivity contribution < 1.29 is 13.6 Å². The van der Waals surface area contributed by atoms with Crippen LogP contribution in [0.1, 0.15) is 12.8 Å². The van der Waals surface area contributed by atoms with Crippen molar-refractivity contribution in [3.8, 4) is 0 Å². The van der Waals surface area contributed by atoms with Crippen molar-refractivity contribution in [1.29, 1.82) is 0 Å². The SMILES string of the molecule is O=C(CNCC1CC1)Nc1cc(F)c(I)c(F)c1. The molecule has 0 radical (unpaired) electrons. The summed E-state index contributed by atoms with van der Waals surface area (Å²) in [6.45, 7) is 0.981. The van der Waals surface area contributed by atoms with E-state index in [1.165, 1.54) is 12.8 Å². The number of hydrogen-bond acceptors (Lipinski definition) is 2. The molecule has 0 saturated heterocycles. The lowest BCUT2D eigenvalue weighted by atomic mass is 10.3. The smallest absolute Gasteiger partial charge is 0.238 e. The quantitative estimate of drug-likeness (QED) is 0.621. The summed E-state index contributed by atoms with van der Waals surface area (Å²) in [5.41, 5.74) is 0.142. The molecule has 1 saturated carbocycles. The summed E-state index contributed by atoms with van der Waals surface area (Å²) in [5, 5.41) is 5.47. The number of carbonyl (C=O) groups excluding carboxylic acids is 1. The Bertz CT molecular complexity index is 440. The van der Waals surface area contributed by atoms with E-state index in [1.54, 1.807) is 22.6 Å². The van der Waals surface area contributed by atoms with E-state index in [-0.39, 0.29) is 21.7 Å². The van der Waals surface area contributed by atoms with Gasteiger partial charge in [-0.2, -0.15) is 0 Å². The van der Waals surface area contributed by atoms with E-state index in [4.69, 9.17) is 0 Å². The second-order valence-electron chi connectivity index (χ2n) is 4.38. The molecule has 2 N–H and O–H groups in total. The Morgan fingerprint density at radius 3 is 2.50 bits per heavy atom. The number of carbonyl (C=O) groups is 1. The molecule has 0 spiro atoms. The Kier molecular flexibility index (Phi) is 4.50. The van der Waals surface area contributed by atoms with Crippen molar-refractivity contribution >= 4 is 34.2 Å². The first-order chi connectivity index (χ1) is 8.56. The molecule has 6 heteroatoms. The summed E-state index contributed by atoms with van der Waals surface area (Å²) in [4.78, 5) is 11.5. The molecule has 18 heavy (non-hydrogen) atoms. The fourth-order valence-electron chi connectivity index (χ4n) is 1.54. The third kappa shape index (κ3) is 3.88. The molecule has 1 amide bonds. The second-order valence-corrected chi connectivity index (χ2v) is 5.46. The zero-order chi connectivity index (χ0) is 13.1. The van der Waals surface area contributed by atoms with Gasteiger partial charge in [0.25, 0.3) is 0 Å². The minimum atomic E-state index is -0.670. The average Bonchev–Trinajstić information content (AvgIpc) is 3.09.